The third-order valence-electron chi connectivity index (χ3n) is 3.36. The molecule has 1 aromatic heterocycles. The summed E-state index contributed by atoms with van der Waals surface area (Å²) in [7, 11) is 0. The number of carbonyl (C=O) groups is 1. The van der Waals surface area contributed by atoms with E-state index in [1.54, 1.807) is 0 Å². The van der Waals surface area contributed by atoms with E-state index in [-0.39, 0.29) is 12.5 Å². The van der Waals surface area contributed by atoms with Crippen LogP contribution in [0.5, 0.6) is 5.75 Å². The summed E-state index contributed by atoms with van der Waals surface area (Å²) in [5.74, 6) is 0.615. The Kier molecular flexibility index (Phi) is 4.48. The lowest BCUT2D eigenvalue weighted by Crippen LogP contribution is -2.21. The number of rotatable bonds is 5. The number of carbonyl (C=O) groups excluding carboxylic acids is 1. The van der Waals surface area contributed by atoms with E-state index in [4.69, 9.17) is 4.74 Å². The Labute approximate surface area is 133 Å². The fourth-order valence-corrected chi connectivity index (χ4v) is 2.93. The van der Waals surface area contributed by atoms with Crippen molar-refractivity contribution >= 4 is 28.5 Å². The van der Waals surface area contributed by atoms with Crippen molar-refractivity contribution in [2.75, 3.05) is 11.9 Å². The molecule has 2 heterocycles. The highest BCUT2D eigenvalue weighted by molar-refractivity contribution is 7.15. The van der Waals surface area contributed by atoms with Crippen LogP contribution in [0.4, 0.5) is 5.13 Å². The SMILES string of the molecule is CCCCc1nnc(NC(=O)C2=Cc3ccccc3OC2)s1. The number of fused-ring (bicyclic) bond motifs is 1. The molecule has 2 aromatic rings. The zero-order chi connectivity index (χ0) is 15.4. The van der Waals surface area contributed by atoms with Crippen LogP contribution >= 0.6 is 11.3 Å². The molecule has 0 unspecified atom stereocenters. The molecular formula is C16H17N3O2S. The molecule has 0 saturated heterocycles. The summed E-state index contributed by atoms with van der Waals surface area (Å²) in [5, 5.41) is 12.4. The fraction of sp³-hybridized carbons (Fsp3) is 0.312. The van der Waals surface area contributed by atoms with Crippen LogP contribution in [0, 0.1) is 0 Å². The van der Waals surface area contributed by atoms with Crippen LogP contribution in [0.25, 0.3) is 6.08 Å². The number of aryl methyl sites for hydroxylation is 1. The van der Waals surface area contributed by atoms with Gasteiger partial charge in [-0.25, -0.2) is 0 Å². The highest BCUT2D eigenvalue weighted by atomic mass is 32.1. The van der Waals surface area contributed by atoms with Crippen molar-refractivity contribution in [1.82, 2.24) is 10.2 Å². The number of hydrogen-bond donors (Lipinski definition) is 1. The number of anilines is 1. The van der Waals surface area contributed by atoms with Gasteiger partial charge in [0.05, 0.1) is 5.57 Å². The molecule has 1 aliphatic heterocycles. The van der Waals surface area contributed by atoms with Gasteiger partial charge in [-0.3, -0.25) is 10.1 Å². The van der Waals surface area contributed by atoms with Crippen LogP contribution in [-0.2, 0) is 11.2 Å². The number of unbranched alkanes of at least 4 members (excludes halogenated alkanes) is 1. The van der Waals surface area contributed by atoms with Crippen molar-refractivity contribution in [2.24, 2.45) is 0 Å². The number of amides is 1. The lowest BCUT2D eigenvalue weighted by atomic mass is 10.1. The Bertz CT molecular complexity index is 709. The van der Waals surface area contributed by atoms with Gasteiger partial charge in [-0.15, -0.1) is 10.2 Å². The maximum absolute atomic E-state index is 12.3. The van der Waals surface area contributed by atoms with Crippen molar-refractivity contribution in [3.63, 3.8) is 0 Å². The Morgan fingerprint density at radius 3 is 3.09 bits per heavy atom. The van der Waals surface area contributed by atoms with Crippen molar-refractivity contribution in [3.8, 4) is 5.75 Å². The Hall–Kier alpha value is -2.21. The molecular weight excluding hydrogens is 298 g/mol. The number of ether oxygens (including phenoxy) is 1. The first-order chi connectivity index (χ1) is 10.8. The van der Waals surface area contributed by atoms with Gasteiger partial charge in [0.1, 0.15) is 17.4 Å². The van der Waals surface area contributed by atoms with Gasteiger partial charge < -0.3 is 4.74 Å². The maximum Gasteiger partial charge on any atom is 0.256 e. The smallest absolute Gasteiger partial charge is 0.256 e. The van der Waals surface area contributed by atoms with E-state index in [2.05, 4.69) is 22.4 Å². The van der Waals surface area contributed by atoms with E-state index >= 15 is 0 Å². The summed E-state index contributed by atoms with van der Waals surface area (Å²) >= 11 is 1.43. The van der Waals surface area contributed by atoms with Crippen molar-refractivity contribution in [2.45, 2.75) is 26.2 Å². The molecule has 0 bridgehead atoms. The average Bonchev–Trinajstić information content (AvgIpc) is 2.99. The van der Waals surface area contributed by atoms with Gasteiger partial charge in [0.25, 0.3) is 5.91 Å². The second-order valence-corrected chi connectivity index (χ2v) is 6.12. The normalized spacial score (nSPS) is 13.0. The number of nitrogens with zero attached hydrogens (tertiary/aromatic N) is 2. The summed E-state index contributed by atoms with van der Waals surface area (Å²) in [6.45, 7) is 2.40. The second kappa shape index (κ2) is 6.70. The molecule has 1 aromatic carbocycles. The number of nitrogens with one attached hydrogen (secondary N) is 1. The minimum Gasteiger partial charge on any atom is -0.488 e. The van der Waals surface area contributed by atoms with Crippen LogP contribution < -0.4 is 10.1 Å². The maximum atomic E-state index is 12.3. The summed E-state index contributed by atoms with van der Waals surface area (Å²) < 4.78 is 5.59. The molecule has 114 valence electrons. The first-order valence-corrected chi connectivity index (χ1v) is 8.14. The second-order valence-electron chi connectivity index (χ2n) is 5.05. The molecule has 6 heteroatoms. The highest BCUT2D eigenvalue weighted by Crippen LogP contribution is 2.26. The zero-order valence-corrected chi connectivity index (χ0v) is 13.2. The quantitative estimate of drug-likeness (QED) is 0.919. The van der Waals surface area contributed by atoms with Crippen molar-refractivity contribution in [3.05, 3.63) is 40.4 Å². The first-order valence-electron chi connectivity index (χ1n) is 7.32. The standard InChI is InChI=1S/C16H17N3O2S/c1-2-3-8-14-18-19-16(22-14)17-15(20)12-9-11-6-4-5-7-13(11)21-10-12/h4-7,9H,2-3,8,10H2,1H3,(H,17,19,20). The third-order valence-corrected chi connectivity index (χ3v) is 4.25. The van der Waals surface area contributed by atoms with Gasteiger partial charge in [-0.05, 0) is 18.6 Å². The highest BCUT2D eigenvalue weighted by Gasteiger charge is 2.18. The fourth-order valence-electron chi connectivity index (χ4n) is 2.16. The van der Waals surface area contributed by atoms with Gasteiger partial charge in [0.15, 0.2) is 0 Å². The van der Waals surface area contributed by atoms with Crippen LogP contribution in [-0.4, -0.2) is 22.7 Å². The number of hydrogen-bond acceptors (Lipinski definition) is 5. The van der Waals surface area contributed by atoms with E-state index in [0.717, 1.165) is 35.6 Å². The molecule has 0 atom stereocenters. The number of benzene rings is 1. The van der Waals surface area contributed by atoms with E-state index in [0.29, 0.717) is 10.7 Å². The average molecular weight is 315 g/mol. The monoisotopic (exact) mass is 315 g/mol. The summed E-state index contributed by atoms with van der Waals surface area (Å²) in [6.07, 6.45) is 4.96. The van der Waals surface area contributed by atoms with Crippen molar-refractivity contribution < 1.29 is 9.53 Å². The molecule has 0 radical (unpaired) electrons. The molecule has 3 rings (SSSR count). The van der Waals surface area contributed by atoms with Gasteiger partial charge in [-0.2, -0.15) is 0 Å². The Morgan fingerprint density at radius 1 is 1.36 bits per heavy atom. The minimum atomic E-state index is -0.187. The van der Waals surface area contributed by atoms with E-state index in [1.807, 2.05) is 30.3 Å². The summed E-state index contributed by atoms with van der Waals surface area (Å²) in [5.41, 5.74) is 1.50. The molecule has 0 spiro atoms. The first kappa shape index (κ1) is 14.7. The molecule has 1 amide bonds. The van der Waals surface area contributed by atoms with E-state index in [1.165, 1.54) is 11.3 Å². The van der Waals surface area contributed by atoms with E-state index < -0.39 is 0 Å². The van der Waals surface area contributed by atoms with Gasteiger partial charge in [0.2, 0.25) is 5.13 Å². The van der Waals surface area contributed by atoms with Crippen LogP contribution in [0.15, 0.2) is 29.8 Å². The van der Waals surface area contributed by atoms with Crippen LogP contribution in [0.3, 0.4) is 0 Å². The van der Waals surface area contributed by atoms with Gasteiger partial charge >= 0.3 is 0 Å². The summed E-state index contributed by atoms with van der Waals surface area (Å²) in [6, 6.07) is 7.65. The Balaban J connectivity index is 1.68. The lowest BCUT2D eigenvalue weighted by Gasteiger charge is -2.16. The zero-order valence-electron chi connectivity index (χ0n) is 12.3. The number of aromatic nitrogens is 2. The van der Waals surface area contributed by atoms with Gasteiger partial charge in [0, 0.05) is 12.0 Å². The number of para-hydroxylation sites is 1. The van der Waals surface area contributed by atoms with Crippen LogP contribution in [0.2, 0.25) is 0 Å². The molecule has 0 fully saturated rings. The molecule has 0 saturated carbocycles. The minimum absolute atomic E-state index is 0.187. The predicted octanol–water partition coefficient (Wildman–Crippen LogP) is 3.30. The third kappa shape index (κ3) is 3.33. The van der Waals surface area contributed by atoms with Gasteiger partial charge in [-0.1, -0.05) is 42.9 Å². The Morgan fingerprint density at radius 2 is 2.23 bits per heavy atom. The molecule has 0 aliphatic carbocycles. The van der Waals surface area contributed by atoms with Crippen molar-refractivity contribution in [1.29, 1.82) is 0 Å². The van der Waals surface area contributed by atoms with Crippen LogP contribution in [0.1, 0.15) is 30.3 Å². The predicted molar refractivity (Wildman–Crippen MR) is 87.1 cm³/mol. The molecule has 22 heavy (non-hydrogen) atoms. The molecule has 1 N–H and O–H groups in total. The topological polar surface area (TPSA) is 64.1 Å². The lowest BCUT2D eigenvalue weighted by molar-refractivity contribution is -0.113. The molecule has 1 aliphatic rings. The summed E-state index contributed by atoms with van der Waals surface area (Å²) in [4.78, 5) is 12.3. The van der Waals surface area contributed by atoms with E-state index in [9.17, 15) is 4.79 Å². The largest absolute Gasteiger partial charge is 0.488 e. The molecule has 5 nitrogen and oxygen atoms in total.